The summed E-state index contributed by atoms with van der Waals surface area (Å²) in [4.78, 5) is 60.8. The lowest BCUT2D eigenvalue weighted by Gasteiger charge is -2.39. The Labute approximate surface area is 341 Å². The predicted octanol–water partition coefficient (Wildman–Crippen LogP) is 3.98. The van der Waals surface area contributed by atoms with E-state index in [0.29, 0.717) is 24.7 Å². The van der Waals surface area contributed by atoms with E-state index in [1.54, 1.807) is 19.2 Å². The van der Waals surface area contributed by atoms with Gasteiger partial charge in [-0.3, -0.25) is 29.0 Å². The lowest BCUT2D eigenvalue weighted by Crippen LogP contribution is -2.51. The Morgan fingerprint density at radius 1 is 0.898 bits per heavy atom. The molecular weight excluding hydrogens is 768 g/mol. The maximum Gasteiger partial charge on any atom is 0.417 e. The third-order valence-electron chi connectivity index (χ3n) is 11.3. The molecule has 0 spiro atoms. The van der Waals surface area contributed by atoms with Gasteiger partial charge in [-0.2, -0.15) is 18.4 Å². The Morgan fingerprint density at radius 3 is 2.12 bits per heavy atom. The van der Waals surface area contributed by atoms with Gasteiger partial charge in [0.25, 0.3) is 5.91 Å². The molecule has 3 aromatic carbocycles. The van der Waals surface area contributed by atoms with Gasteiger partial charge >= 0.3 is 6.18 Å². The van der Waals surface area contributed by atoms with E-state index in [4.69, 9.17) is 10.00 Å². The first-order valence-electron chi connectivity index (χ1n) is 19.8. The number of likely N-dealkylation sites (N-methyl/N-ethyl adjacent to an activating group) is 1. The van der Waals surface area contributed by atoms with Crippen molar-refractivity contribution < 1.29 is 42.2 Å². The van der Waals surface area contributed by atoms with Crippen molar-refractivity contribution in [2.75, 3.05) is 94.2 Å². The number of benzene rings is 3. The number of aliphatic hydroxyl groups is 1. The van der Waals surface area contributed by atoms with Crippen LogP contribution in [0.4, 0.5) is 30.2 Å². The number of hydrogen-bond acceptors (Lipinski definition) is 11. The van der Waals surface area contributed by atoms with Crippen molar-refractivity contribution in [1.29, 1.82) is 5.26 Å². The summed E-state index contributed by atoms with van der Waals surface area (Å²) in [5.74, 6) is -0.904. The van der Waals surface area contributed by atoms with Crippen LogP contribution in [-0.2, 0) is 31.8 Å². The van der Waals surface area contributed by atoms with Crippen molar-refractivity contribution in [2.24, 2.45) is 0 Å². The highest BCUT2D eigenvalue weighted by molar-refractivity contribution is 6.05. The van der Waals surface area contributed by atoms with Crippen LogP contribution in [0.15, 0.2) is 66.7 Å². The Morgan fingerprint density at radius 2 is 1.53 bits per heavy atom. The van der Waals surface area contributed by atoms with Crippen LogP contribution in [0.2, 0.25) is 0 Å². The fourth-order valence-corrected chi connectivity index (χ4v) is 7.61. The standard InChI is InChI=1S/C43H50F3N7O6/c1-42(58,41(57)48-32-7-6-31(28-47)37(26-32)43(44,45)46)29-59-36-11-8-33(9-12-36)52-20-16-50(17-21-52)14-15-51-18-22-53(23-19-51)34-5-3-4-30(24-34)25-40(56)49(2)38-13-10-35(54)27-39(38)55/h3-9,11-12,24,26,38,58H,10,13-23,25,27,29H2,1-2H3,(H,48,57)/t38?,42-/m0/s1. The first-order chi connectivity index (χ1) is 28.1. The molecule has 2 saturated heterocycles. The van der Waals surface area contributed by atoms with Crippen molar-refractivity contribution in [1.82, 2.24) is 14.7 Å². The van der Waals surface area contributed by atoms with Crippen molar-refractivity contribution in [3.05, 3.63) is 83.4 Å². The zero-order chi connectivity index (χ0) is 42.3. The molecule has 2 amide bonds. The Kier molecular flexibility index (Phi) is 13.6. The number of nitrogens with zero attached hydrogens (tertiary/aromatic N) is 6. The molecule has 16 heteroatoms. The fourth-order valence-electron chi connectivity index (χ4n) is 7.61. The molecule has 2 atom stereocenters. The predicted molar refractivity (Wildman–Crippen MR) is 215 cm³/mol. The molecule has 3 aliphatic rings. The van der Waals surface area contributed by atoms with Crippen molar-refractivity contribution in [3.8, 4) is 11.8 Å². The maximum absolute atomic E-state index is 13.3. The summed E-state index contributed by atoms with van der Waals surface area (Å²) in [7, 11) is 1.65. The van der Waals surface area contributed by atoms with E-state index >= 15 is 0 Å². The third-order valence-corrected chi connectivity index (χ3v) is 11.3. The van der Waals surface area contributed by atoms with Crippen LogP contribution in [0.25, 0.3) is 0 Å². The monoisotopic (exact) mass is 817 g/mol. The first-order valence-corrected chi connectivity index (χ1v) is 19.8. The number of anilines is 3. The summed E-state index contributed by atoms with van der Waals surface area (Å²) >= 11 is 0. The molecule has 2 heterocycles. The molecule has 314 valence electrons. The average molecular weight is 818 g/mol. The smallest absolute Gasteiger partial charge is 0.417 e. The molecule has 2 aliphatic heterocycles. The topological polar surface area (TPSA) is 150 Å². The van der Waals surface area contributed by atoms with Crippen LogP contribution >= 0.6 is 0 Å². The molecule has 2 N–H and O–H groups in total. The Hall–Kier alpha value is -5.50. The molecule has 0 bridgehead atoms. The highest BCUT2D eigenvalue weighted by Gasteiger charge is 2.36. The molecular formula is C43H50F3N7O6. The Bertz CT molecular complexity index is 2040. The van der Waals surface area contributed by atoms with Gasteiger partial charge in [0.2, 0.25) is 5.91 Å². The van der Waals surface area contributed by atoms with Gasteiger partial charge < -0.3 is 29.9 Å². The van der Waals surface area contributed by atoms with Gasteiger partial charge in [-0.15, -0.1) is 0 Å². The number of carbonyl (C=O) groups excluding carboxylic acids is 4. The van der Waals surface area contributed by atoms with Gasteiger partial charge in [0, 0.05) is 96.0 Å². The molecule has 6 rings (SSSR count). The number of amides is 2. The lowest BCUT2D eigenvalue weighted by molar-refractivity contribution is -0.141. The number of ether oxygens (including phenoxy) is 1. The SMILES string of the molecule is CN(C(=O)Cc1cccc(N2CCN(CCN3CCN(c4ccc(OC[C@](C)(O)C(=O)Nc5ccc(C#N)c(C(F)(F)F)c5)cc4)CC3)CC2)c1)C1CCC(=O)CC1=O. The van der Waals surface area contributed by atoms with Gasteiger partial charge in [-0.1, -0.05) is 12.1 Å². The molecule has 59 heavy (non-hydrogen) atoms. The van der Waals surface area contributed by atoms with Crippen LogP contribution in [-0.4, -0.2) is 134 Å². The van der Waals surface area contributed by atoms with E-state index in [-0.39, 0.29) is 36.0 Å². The molecule has 1 saturated carbocycles. The zero-order valence-electron chi connectivity index (χ0n) is 33.3. The normalized spacial score (nSPS) is 19.2. The van der Waals surface area contributed by atoms with E-state index in [2.05, 4.69) is 37.0 Å². The van der Waals surface area contributed by atoms with Crippen LogP contribution < -0.4 is 19.9 Å². The summed E-state index contributed by atoms with van der Waals surface area (Å²) in [6.45, 7) is 9.83. The zero-order valence-corrected chi connectivity index (χ0v) is 33.3. The highest BCUT2D eigenvalue weighted by Crippen LogP contribution is 2.34. The summed E-state index contributed by atoms with van der Waals surface area (Å²) in [6.07, 6.45) is -3.95. The van der Waals surface area contributed by atoms with Crippen LogP contribution in [0.5, 0.6) is 5.75 Å². The summed E-state index contributed by atoms with van der Waals surface area (Å²) in [6, 6.07) is 19.1. The number of halogens is 3. The van der Waals surface area contributed by atoms with Gasteiger partial charge in [0.1, 0.15) is 18.1 Å². The summed E-state index contributed by atoms with van der Waals surface area (Å²) in [5.41, 5.74) is -1.04. The van der Waals surface area contributed by atoms with Crippen molar-refractivity contribution in [3.63, 3.8) is 0 Å². The molecule has 3 fully saturated rings. The minimum atomic E-state index is -4.79. The van der Waals surface area contributed by atoms with Crippen LogP contribution in [0.1, 0.15) is 42.9 Å². The maximum atomic E-state index is 13.3. The number of nitrogens with one attached hydrogen (secondary N) is 1. The third kappa shape index (κ3) is 11.2. The largest absolute Gasteiger partial charge is 0.490 e. The minimum absolute atomic E-state index is 0.0578. The molecule has 13 nitrogen and oxygen atoms in total. The van der Waals surface area contributed by atoms with Gasteiger partial charge in [0.15, 0.2) is 11.4 Å². The van der Waals surface area contributed by atoms with Crippen molar-refractivity contribution in [2.45, 2.75) is 50.4 Å². The van der Waals surface area contributed by atoms with E-state index in [0.717, 1.165) is 94.5 Å². The second kappa shape index (κ2) is 18.6. The molecule has 1 aliphatic carbocycles. The minimum Gasteiger partial charge on any atom is -0.490 e. The lowest BCUT2D eigenvalue weighted by atomic mass is 9.92. The molecule has 0 radical (unpaired) electrons. The van der Waals surface area contributed by atoms with Crippen LogP contribution in [0.3, 0.4) is 0 Å². The van der Waals surface area contributed by atoms with Gasteiger partial charge in [0.05, 0.1) is 36.1 Å². The van der Waals surface area contributed by atoms with Crippen LogP contribution in [0, 0.1) is 11.3 Å². The van der Waals surface area contributed by atoms with E-state index in [1.807, 2.05) is 24.3 Å². The second-order valence-corrected chi connectivity index (χ2v) is 15.6. The van der Waals surface area contributed by atoms with Gasteiger partial charge in [-0.25, -0.2) is 0 Å². The number of piperazine rings is 2. The summed E-state index contributed by atoms with van der Waals surface area (Å²) in [5, 5.41) is 22.0. The quantitative estimate of drug-likeness (QED) is 0.242. The molecule has 3 aromatic rings. The molecule has 0 aromatic heterocycles. The van der Waals surface area contributed by atoms with E-state index in [9.17, 15) is 37.5 Å². The number of carbonyl (C=O) groups is 4. The summed E-state index contributed by atoms with van der Waals surface area (Å²) < 4.78 is 45.7. The number of alkyl halides is 3. The van der Waals surface area contributed by atoms with E-state index in [1.165, 1.54) is 17.9 Å². The first kappa shape index (κ1) is 43.1. The molecule has 1 unspecified atom stereocenters. The Balaban J connectivity index is 0.889. The van der Waals surface area contributed by atoms with E-state index < -0.39 is 41.5 Å². The van der Waals surface area contributed by atoms with Crippen molar-refractivity contribution >= 4 is 40.4 Å². The number of Topliss-reactive ketones (excluding diaryl/α,β-unsaturated/α-hetero) is 2. The number of ketones is 2. The highest BCUT2D eigenvalue weighted by atomic mass is 19.4. The average Bonchev–Trinajstić information content (AvgIpc) is 3.22. The fraction of sp³-hybridized carbons (Fsp3) is 0.465. The van der Waals surface area contributed by atoms with Gasteiger partial charge in [-0.05, 0) is 73.5 Å². The number of hydrogen-bond donors (Lipinski definition) is 2. The number of nitriles is 1. The second-order valence-electron chi connectivity index (χ2n) is 15.6. The number of rotatable bonds is 13.